The van der Waals surface area contributed by atoms with E-state index in [1.807, 2.05) is 0 Å². The van der Waals surface area contributed by atoms with Gasteiger partial charge in [-0.05, 0) is 46.9 Å². The monoisotopic (exact) mass is 498 g/mol. The molecule has 0 unspecified atom stereocenters. The van der Waals surface area contributed by atoms with Gasteiger partial charge in [0.05, 0.1) is 39.5 Å². The van der Waals surface area contributed by atoms with E-state index in [1.165, 1.54) is 22.3 Å². The normalized spacial score (nSPS) is 12.3. The molecular weight excluding hydrogens is 452 g/mol. The van der Waals surface area contributed by atoms with Gasteiger partial charge in [-0.15, -0.1) is 0 Å². The molecule has 0 bridgehead atoms. The van der Waals surface area contributed by atoms with Gasteiger partial charge in [0.1, 0.15) is 6.61 Å². The maximum absolute atomic E-state index is 13.0. The van der Waals surface area contributed by atoms with Gasteiger partial charge < -0.3 is 19.3 Å². The number of carbonyl (C=O) groups is 1. The van der Waals surface area contributed by atoms with E-state index < -0.39 is 0 Å². The largest absolute Gasteiger partial charge is 0.463 e. The second kappa shape index (κ2) is 13.4. The van der Waals surface area contributed by atoms with Gasteiger partial charge in [-0.3, -0.25) is 4.79 Å². The van der Waals surface area contributed by atoms with Gasteiger partial charge in [-0.2, -0.15) is 0 Å². The molecule has 0 spiro atoms. The number of hydrogen-bond acceptors (Lipinski definition) is 5. The van der Waals surface area contributed by atoms with Gasteiger partial charge in [0.25, 0.3) is 0 Å². The van der Waals surface area contributed by atoms with E-state index in [0.29, 0.717) is 26.4 Å². The number of hydrogen-bond donors (Lipinski definition) is 1. The summed E-state index contributed by atoms with van der Waals surface area (Å²) >= 11 is 0. The lowest BCUT2D eigenvalue weighted by Crippen LogP contribution is -2.18. The van der Waals surface area contributed by atoms with Crippen LogP contribution in [0.4, 0.5) is 0 Å². The zero-order valence-corrected chi connectivity index (χ0v) is 23.6. The third kappa shape index (κ3) is 9.68. The van der Waals surface area contributed by atoms with E-state index >= 15 is 0 Å². The van der Waals surface area contributed by atoms with Crippen molar-refractivity contribution in [2.45, 2.75) is 78.6 Å². The van der Waals surface area contributed by atoms with Crippen LogP contribution in [0.3, 0.4) is 0 Å². The van der Waals surface area contributed by atoms with Crippen LogP contribution >= 0.6 is 0 Å². The highest BCUT2D eigenvalue weighted by molar-refractivity contribution is 5.71. The first-order chi connectivity index (χ1) is 16.8. The Morgan fingerprint density at radius 1 is 0.722 bits per heavy atom. The Balaban J connectivity index is 2.26. The minimum absolute atomic E-state index is 0.00481. The number of aliphatic hydroxyl groups excluding tert-OH is 1. The molecule has 36 heavy (non-hydrogen) atoms. The average molecular weight is 499 g/mol. The summed E-state index contributed by atoms with van der Waals surface area (Å²) in [6, 6.07) is 13.4. The molecule has 5 nitrogen and oxygen atoms in total. The van der Waals surface area contributed by atoms with Gasteiger partial charge in [-0.25, -0.2) is 0 Å². The van der Waals surface area contributed by atoms with Crippen molar-refractivity contribution in [3.8, 4) is 0 Å². The first-order valence-electron chi connectivity index (χ1n) is 13.0. The molecule has 0 aromatic heterocycles. The van der Waals surface area contributed by atoms with Gasteiger partial charge in [0, 0.05) is 5.92 Å². The van der Waals surface area contributed by atoms with Crippen molar-refractivity contribution in [2.24, 2.45) is 0 Å². The van der Waals surface area contributed by atoms with Crippen LogP contribution in [0.2, 0.25) is 0 Å². The van der Waals surface area contributed by atoms with E-state index in [2.05, 4.69) is 91.8 Å². The fourth-order valence-electron chi connectivity index (χ4n) is 4.15. The third-order valence-corrected chi connectivity index (χ3v) is 6.21. The Kier molecular flexibility index (Phi) is 11.1. The zero-order valence-electron chi connectivity index (χ0n) is 23.6. The minimum atomic E-state index is -0.238. The SMILES string of the molecule is Cc1cc(C(CC(=O)OCCOCCOCCO)c2cc(C)cc(C(C)(C)C)c2)cc(C(C)(C)C)c1. The summed E-state index contributed by atoms with van der Waals surface area (Å²) in [7, 11) is 0. The van der Waals surface area contributed by atoms with Crippen molar-refractivity contribution in [1.29, 1.82) is 0 Å². The standard InChI is InChI=1S/C31H46O5/c1-22-15-24(19-26(17-22)30(3,4)5)28(25-16-23(2)18-27(20-25)31(6,7)8)21-29(33)36-14-13-35-12-11-34-10-9-32/h15-20,28,32H,9-14,21H2,1-8H3. The van der Waals surface area contributed by atoms with Gasteiger partial charge in [-0.1, -0.05) is 89.1 Å². The Hall–Kier alpha value is -2.21. The van der Waals surface area contributed by atoms with Crippen molar-refractivity contribution in [3.63, 3.8) is 0 Å². The summed E-state index contributed by atoms with van der Waals surface area (Å²) < 4.78 is 16.2. The molecule has 2 aromatic rings. The molecule has 0 heterocycles. The average Bonchev–Trinajstić information content (AvgIpc) is 2.77. The van der Waals surface area contributed by atoms with Crippen LogP contribution in [-0.2, 0) is 29.8 Å². The molecule has 5 heteroatoms. The molecule has 0 radical (unpaired) electrons. The Morgan fingerprint density at radius 2 is 1.17 bits per heavy atom. The van der Waals surface area contributed by atoms with Gasteiger partial charge in [0.2, 0.25) is 0 Å². The molecule has 2 rings (SSSR count). The van der Waals surface area contributed by atoms with Crippen LogP contribution in [0.15, 0.2) is 36.4 Å². The Bertz CT molecular complexity index is 918. The first-order valence-corrected chi connectivity index (χ1v) is 13.0. The fraction of sp³-hybridized carbons (Fsp3) is 0.581. The molecule has 0 saturated heterocycles. The number of benzene rings is 2. The quantitative estimate of drug-likeness (QED) is 0.288. The van der Waals surface area contributed by atoms with Crippen molar-refractivity contribution in [2.75, 3.05) is 39.6 Å². The minimum Gasteiger partial charge on any atom is -0.463 e. The highest BCUT2D eigenvalue weighted by Gasteiger charge is 2.24. The lowest BCUT2D eigenvalue weighted by molar-refractivity contribution is -0.145. The van der Waals surface area contributed by atoms with Crippen LogP contribution in [0.25, 0.3) is 0 Å². The number of esters is 1. The molecule has 0 saturated carbocycles. The van der Waals surface area contributed by atoms with Crippen molar-refractivity contribution in [1.82, 2.24) is 0 Å². The number of aliphatic hydroxyl groups is 1. The summed E-state index contributed by atoms with van der Waals surface area (Å²) in [5, 5.41) is 8.72. The van der Waals surface area contributed by atoms with Crippen molar-refractivity contribution < 1.29 is 24.1 Å². The number of rotatable bonds is 12. The fourth-order valence-corrected chi connectivity index (χ4v) is 4.15. The summed E-state index contributed by atoms with van der Waals surface area (Å²) in [6.07, 6.45) is 0.264. The van der Waals surface area contributed by atoms with Crippen LogP contribution in [0.1, 0.15) is 87.3 Å². The second-order valence-corrected chi connectivity index (χ2v) is 11.7. The predicted molar refractivity (Wildman–Crippen MR) is 146 cm³/mol. The number of ether oxygens (including phenoxy) is 3. The zero-order chi connectivity index (χ0) is 26.9. The van der Waals surface area contributed by atoms with Crippen molar-refractivity contribution in [3.05, 3.63) is 69.8 Å². The van der Waals surface area contributed by atoms with E-state index in [9.17, 15) is 4.79 Å². The van der Waals surface area contributed by atoms with Crippen molar-refractivity contribution >= 4 is 5.97 Å². The topological polar surface area (TPSA) is 65.0 Å². The molecule has 0 aliphatic heterocycles. The summed E-state index contributed by atoms with van der Waals surface area (Å²) in [4.78, 5) is 13.0. The third-order valence-electron chi connectivity index (χ3n) is 6.21. The maximum atomic E-state index is 13.0. The first kappa shape index (κ1) is 30.0. The lowest BCUT2D eigenvalue weighted by Gasteiger charge is -2.26. The maximum Gasteiger partial charge on any atom is 0.306 e. The summed E-state index contributed by atoms with van der Waals surface area (Å²) in [5.74, 6) is -0.343. The molecular formula is C31H46O5. The van der Waals surface area contributed by atoms with Crippen LogP contribution < -0.4 is 0 Å². The summed E-state index contributed by atoms with van der Waals surface area (Å²) in [6.45, 7) is 19.2. The second-order valence-electron chi connectivity index (χ2n) is 11.7. The smallest absolute Gasteiger partial charge is 0.306 e. The molecule has 2 aromatic carbocycles. The van der Waals surface area contributed by atoms with Gasteiger partial charge >= 0.3 is 5.97 Å². The highest BCUT2D eigenvalue weighted by atomic mass is 16.6. The van der Waals surface area contributed by atoms with Crippen LogP contribution in [-0.4, -0.2) is 50.7 Å². The summed E-state index contributed by atoms with van der Waals surface area (Å²) in [5.41, 5.74) is 7.19. The van der Waals surface area contributed by atoms with E-state index in [0.717, 1.165) is 11.1 Å². The number of aryl methyl sites for hydroxylation is 2. The Labute approximate surface area is 218 Å². The molecule has 0 aliphatic carbocycles. The highest BCUT2D eigenvalue weighted by Crippen LogP contribution is 2.35. The number of carbonyl (C=O) groups excluding carboxylic acids is 1. The molecule has 0 atom stereocenters. The lowest BCUT2D eigenvalue weighted by atomic mass is 9.79. The molecule has 200 valence electrons. The molecule has 0 amide bonds. The van der Waals surface area contributed by atoms with E-state index in [4.69, 9.17) is 19.3 Å². The molecule has 0 aliphatic rings. The van der Waals surface area contributed by atoms with Crippen LogP contribution in [0, 0.1) is 13.8 Å². The van der Waals surface area contributed by atoms with E-state index in [-0.39, 0.29) is 42.4 Å². The van der Waals surface area contributed by atoms with Crippen LogP contribution in [0.5, 0.6) is 0 Å². The molecule has 0 fully saturated rings. The predicted octanol–water partition coefficient (Wildman–Crippen LogP) is 5.99. The Morgan fingerprint density at radius 3 is 1.61 bits per heavy atom. The molecule has 1 N–H and O–H groups in total. The van der Waals surface area contributed by atoms with Gasteiger partial charge in [0.15, 0.2) is 0 Å². The van der Waals surface area contributed by atoms with E-state index in [1.54, 1.807) is 0 Å².